The van der Waals surface area contributed by atoms with Crippen molar-refractivity contribution >= 4 is 5.69 Å². The van der Waals surface area contributed by atoms with Crippen LogP contribution in [0.2, 0.25) is 0 Å². The molecular weight excluding hydrogens is 144 g/mol. The number of benzene rings is 1. The van der Waals surface area contributed by atoms with E-state index in [9.17, 15) is 4.91 Å². The second-order valence-corrected chi connectivity index (χ2v) is 2.21. The number of nitroso groups, excluding NO2 is 1. The summed E-state index contributed by atoms with van der Waals surface area (Å²) in [6.07, 6.45) is 0. The Labute approximate surface area is 64.0 Å². The summed E-state index contributed by atoms with van der Waals surface area (Å²) in [5, 5.41) is 11.4. The molecule has 0 spiro atoms. The van der Waals surface area contributed by atoms with Gasteiger partial charge in [-0.15, -0.1) is 10.1 Å². The molecule has 0 bridgehead atoms. The highest BCUT2D eigenvalue weighted by atomic mass is 16.6. The van der Waals surface area contributed by atoms with E-state index in [1.807, 2.05) is 6.92 Å². The molecule has 0 aliphatic carbocycles. The van der Waals surface area contributed by atoms with Gasteiger partial charge in [0, 0.05) is 0 Å². The van der Waals surface area contributed by atoms with Crippen LogP contribution < -0.4 is 5.17 Å². The fourth-order valence-electron chi connectivity index (χ4n) is 0.725. The van der Waals surface area contributed by atoms with E-state index in [0.717, 1.165) is 5.56 Å². The van der Waals surface area contributed by atoms with Crippen molar-refractivity contribution in [2.75, 3.05) is 5.17 Å². The van der Waals surface area contributed by atoms with Crippen LogP contribution in [0.25, 0.3) is 0 Å². The van der Waals surface area contributed by atoms with Gasteiger partial charge in [-0.1, -0.05) is 17.7 Å². The van der Waals surface area contributed by atoms with Gasteiger partial charge in [-0.05, 0) is 19.1 Å². The van der Waals surface area contributed by atoms with E-state index in [1.54, 1.807) is 24.3 Å². The van der Waals surface area contributed by atoms with Crippen LogP contribution in [-0.2, 0) is 0 Å². The molecule has 11 heavy (non-hydrogen) atoms. The molecule has 0 amide bonds. The van der Waals surface area contributed by atoms with Crippen LogP contribution in [0.1, 0.15) is 5.56 Å². The van der Waals surface area contributed by atoms with Gasteiger partial charge >= 0.3 is 0 Å². The summed E-state index contributed by atoms with van der Waals surface area (Å²) in [5.74, 6) is 0. The third-order valence-corrected chi connectivity index (χ3v) is 1.34. The molecule has 4 heteroatoms. The SMILES string of the molecule is Cc1ccc(N(O)N=O)cc1. The van der Waals surface area contributed by atoms with E-state index >= 15 is 0 Å². The van der Waals surface area contributed by atoms with Crippen LogP contribution in [0, 0.1) is 11.8 Å². The van der Waals surface area contributed by atoms with Gasteiger partial charge in [-0.2, -0.15) is 0 Å². The quantitative estimate of drug-likeness (QED) is 0.520. The summed E-state index contributed by atoms with van der Waals surface area (Å²) in [4.78, 5) is 9.82. The average Bonchev–Trinajstić information content (AvgIpc) is 2.05. The molecule has 0 aliphatic rings. The highest BCUT2D eigenvalue weighted by Crippen LogP contribution is 2.12. The van der Waals surface area contributed by atoms with Crippen molar-refractivity contribution in [2.24, 2.45) is 5.29 Å². The zero-order valence-electron chi connectivity index (χ0n) is 6.06. The maximum absolute atomic E-state index is 9.82. The molecule has 0 saturated heterocycles. The Hall–Kier alpha value is -1.42. The molecule has 0 saturated carbocycles. The topological polar surface area (TPSA) is 52.9 Å². The molecule has 1 rings (SSSR count). The lowest BCUT2D eigenvalue weighted by Gasteiger charge is -2.04. The molecule has 1 aromatic rings. The molecule has 0 unspecified atom stereocenters. The zero-order chi connectivity index (χ0) is 8.27. The maximum atomic E-state index is 9.82. The predicted molar refractivity (Wildman–Crippen MR) is 41.2 cm³/mol. The van der Waals surface area contributed by atoms with Gasteiger partial charge in [0.15, 0.2) is 0 Å². The number of hydrogen-bond acceptors (Lipinski definition) is 3. The number of anilines is 1. The zero-order valence-corrected chi connectivity index (χ0v) is 6.06. The van der Waals surface area contributed by atoms with Crippen LogP contribution >= 0.6 is 0 Å². The van der Waals surface area contributed by atoms with E-state index in [0.29, 0.717) is 10.9 Å². The number of nitrogens with zero attached hydrogens (tertiary/aromatic N) is 2. The number of rotatable bonds is 2. The van der Waals surface area contributed by atoms with Crippen molar-refractivity contribution in [2.45, 2.75) is 6.92 Å². The maximum Gasteiger partial charge on any atom is 0.0932 e. The lowest BCUT2D eigenvalue weighted by molar-refractivity contribution is 0.258. The molecule has 58 valence electrons. The summed E-state index contributed by atoms with van der Waals surface area (Å²) in [6, 6.07) is 6.78. The second kappa shape index (κ2) is 3.12. The van der Waals surface area contributed by atoms with Crippen molar-refractivity contribution in [1.29, 1.82) is 0 Å². The summed E-state index contributed by atoms with van der Waals surface area (Å²) in [6.45, 7) is 1.92. The Morgan fingerprint density at radius 3 is 2.36 bits per heavy atom. The Bertz CT molecular complexity index is 245. The smallest absolute Gasteiger partial charge is 0.0932 e. The van der Waals surface area contributed by atoms with Crippen LogP contribution in [-0.4, -0.2) is 5.21 Å². The molecule has 0 radical (unpaired) electrons. The molecule has 0 aromatic heterocycles. The first kappa shape index (κ1) is 7.68. The third-order valence-electron chi connectivity index (χ3n) is 1.34. The molecule has 0 aliphatic heterocycles. The van der Waals surface area contributed by atoms with E-state index in [-0.39, 0.29) is 0 Å². The lowest BCUT2D eigenvalue weighted by Crippen LogP contribution is -2.07. The fourth-order valence-corrected chi connectivity index (χ4v) is 0.725. The Morgan fingerprint density at radius 1 is 1.36 bits per heavy atom. The van der Waals surface area contributed by atoms with Crippen LogP contribution in [0.3, 0.4) is 0 Å². The predicted octanol–water partition coefficient (Wildman–Crippen LogP) is 1.87. The number of hydrogen-bond donors (Lipinski definition) is 1. The molecule has 0 atom stereocenters. The van der Waals surface area contributed by atoms with Crippen molar-refractivity contribution in [1.82, 2.24) is 0 Å². The lowest BCUT2D eigenvalue weighted by atomic mass is 10.2. The van der Waals surface area contributed by atoms with Crippen LogP contribution in [0.15, 0.2) is 29.6 Å². The van der Waals surface area contributed by atoms with Gasteiger partial charge in [0.2, 0.25) is 0 Å². The van der Waals surface area contributed by atoms with Crippen LogP contribution in [0.5, 0.6) is 0 Å². The monoisotopic (exact) mass is 152 g/mol. The highest BCUT2D eigenvalue weighted by Gasteiger charge is 1.99. The van der Waals surface area contributed by atoms with E-state index in [2.05, 4.69) is 5.29 Å². The largest absolute Gasteiger partial charge is 0.265 e. The fraction of sp³-hybridized carbons (Fsp3) is 0.143. The van der Waals surface area contributed by atoms with Crippen LogP contribution in [0.4, 0.5) is 5.69 Å². The number of aryl methyl sites for hydroxylation is 1. The van der Waals surface area contributed by atoms with Gasteiger partial charge in [0.25, 0.3) is 0 Å². The molecule has 4 nitrogen and oxygen atoms in total. The van der Waals surface area contributed by atoms with E-state index in [4.69, 9.17) is 5.21 Å². The van der Waals surface area contributed by atoms with Crippen molar-refractivity contribution in [3.8, 4) is 0 Å². The molecule has 1 aromatic carbocycles. The Balaban J connectivity index is 2.89. The van der Waals surface area contributed by atoms with Crippen molar-refractivity contribution < 1.29 is 5.21 Å². The van der Waals surface area contributed by atoms with Crippen molar-refractivity contribution in [3.63, 3.8) is 0 Å². The van der Waals surface area contributed by atoms with Gasteiger partial charge in [0.1, 0.15) is 0 Å². The Morgan fingerprint density at radius 2 is 1.91 bits per heavy atom. The van der Waals surface area contributed by atoms with Gasteiger partial charge in [-0.3, -0.25) is 5.21 Å². The highest BCUT2D eigenvalue weighted by molar-refractivity contribution is 5.43. The molecule has 0 heterocycles. The normalized spacial score (nSPS) is 9.27. The summed E-state index contributed by atoms with van der Waals surface area (Å²) < 4.78 is 0. The average molecular weight is 152 g/mol. The minimum Gasteiger partial charge on any atom is -0.265 e. The van der Waals surface area contributed by atoms with Crippen molar-refractivity contribution in [3.05, 3.63) is 34.7 Å². The van der Waals surface area contributed by atoms with Gasteiger partial charge in [-0.25, -0.2) is 0 Å². The summed E-state index contributed by atoms with van der Waals surface area (Å²) in [5.41, 5.74) is 1.43. The van der Waals surface area contributed by atoms with E-state index in [1.165, 1.54) is 0 Å². The third kappa shape index (κ3) is 1.75. The van der Waals surface area contributed by atoms with E-state index < -0.39 is 0 Å². The first-order valence-electron chi connectivity index (χ1n) is 3.13. The Kier molecular flexibility index (Phi) is 2.18. The standard InChI is InChI=1S/C7H8N2O2/c1-6-2-4-7(5-3-6)9(11)8-10/h2-5,11H,1H3. The summed E-state index contributed by atoms with van der Waals surface area (Å²) >= 11 is 0. The molecule has 1 N–H and O–H groups in total. The molecule has 0 fully saturated rings. The summed E-state index contributed by atoms with van der Waals surface area (Å²) in [7, 11) is 0. The molecular formula is C7H8N2O2. The second-order valence-electron chi connectivity index (χ2n) is 2.21. The minimum absolute atomic E-state index is 0.291. The minimum atomic E-state index is 0.291. The first-order valence-corrected chi connectivity index (χ1v) is 3.13. The first-order chi connectivity index (χ1) is 5.24. The van der Waals surface area contributed by atoms with Gasteiger partial charge < -0.3 is 0 Å². The van der Waals surface area contributed by atoms with Gasteiger partial charge in [0.05, 0.1) is 11.0 Å².